The van der Waals surface area contributed by atoms with Crippen LogP contribution in [0.3, 0.4) is 0 Å². The van der Waals surface area contributed by atoms with Gasteiger partial charge in [0, 0.05) is 71.4 Å². The normalized spacial score (nSPS) is 11.9. The van der Waals surface area contributed by atoms with Crippen molar-refractivity contribution in [2.24, 2.45) is 0 Å². The SMILES string of the molecule is Bc1cc(B)c2c(c1)c1c(B)c(B)c3c4cc(B)cc(B)c4n(-c4ccc5oc6cc(-c7cc(-c8ccccc8)nc(-c8ccccc8)n7)ccc6c5c4)c3c1n2-c1ccccc1. The van der Waals surface area contributed by atoms with Gasteiger partial charge in [0.25, 0.3) is 0 Å². The van der Waals surface area contributed by atoms with E-state index in [0.29, 0.717) is 5.82 Å². The highest BCUT2D eigenvalue weighted by Gasteiger charge is 2.26. The second-order valence-electron chi connectivity index (χ2n) is 17.3. The van der Waals surface area contributed by atoms with Gasteiger partial charge in [-0.1, -0.05) is 142 Å². The van der Waals surface area contributed by atoms with Gasteiger partial charge in [-0.2, -0.15) is 0 Å². The van der Waals surface area contributed by atoms with Crippen LogP contribution in [0.2, 0.25) is 0 Å². The fraction of sp³-hybridized carbons (Fsp3) is 0. The van der Waals surface area contributed by atoms with E-state index in [1.54, 1.807) is 0 Å². The molecule has 0 aliphatic heterocycles. The number of hydrogen-bond acceptors (Lipinski definition) is 3. The molecule has 4 aromatic heterocycles. The van der Waals surface area contributed by atoms with Gasteiger partial charge in [-0.15, -0.1) is 0 Å². The highest BCUT2D eigenvalue weighted by atomic mass is 16.3. The van der Waals surface area contributed by atoms with Crippen molar-refractivity contribution >= 4 is 145 Å². The smallest absolute Gasteiger partial charge is 0.160 e. The van der Waals surface area contributed by atoms with Gasteiger partial charge in [-0.05, 0) is 48.5 Å². The van der Waals surface area contributed by atoms with Crippen LogP contribution in [0.5, 0.6) is 0 Å². The van der Waals surface area contributed by atoms with Crippen LogP contribution in [0.1, 0.15) is 0 Å². The molecule has 0 unspecified atom stereocenters. The van der Waals surface area contributed by atoms with Gasteiger partial charge < -0.3 is 13.6 Å². The first-order valence-electron chi connectivity index (χ1n) is 21.7. The molecule has 8 aromatic carbocycles. The fourth-order valence-electron chi connectivity index (χ4n) is 10.4. The van der Waals surface area contributed by atoms with Gasteiger partial charge in [0.2, 0.25) is 0 Å². The number of rotatable bonds is 5. The lowest BCUT2D eigenvalue weighted by Crippen LogP contribution is -2.27. The molecular formula is C52H38B6N4O. The second-order valence-corrected chi connectivity index (χ2v) is 17.3. The highest BCUT2D eigenvalue weighted by Crippen LogP contribution is 2.41. The molecule has 0 bridgehead atoms. The van der Waals surface area contributed by atoms with Crippen LogP contribution < -0.4 is 32.8 Å². The van der Waals surface area contributed by atoms with Crippen LogP contribution in [0, 0.1) is 0 Å². The van der Waals surface area contributed by atoms with E-state index >= 15 is 0 Å². The molecule has 290 valence electrons. The summed E-state index contributed by atoms with van der Waals surface area (Å²) in [5.74, 6) is 0.689. The third-order valence-corrected chi connectivity index (χ3v) is 13.2. The number of fused-ring (bicyclic) bond motifs is 10. The zero-order valence-corrected chi connectivity index (χ0v) is 36.2. The third-order valence-electron chi connectivity index (χ3n) is 13.2. The van der Waals surface area contributed by atoms with Gasteiger partial charge in [-0.25, -0.2) is 9.97 Å². The summed E-state index contributed by atoms with van der Waals surface area (Å²) in [4.78, 5) is 10.1. The first kappa shape index (κ1) is 37.4. The van der Waals surface area contributed by atoms with Crippen LogP contribution in [0.25, 0.3) is 111 Å². The molecule has 0 aliphatic carbocycles. The first-order chi connectivity index (χ1) is 30.7. The average molecular weight is 800 g/mol. The largest absolute Gasteiger partial charge is 0.456 e. The number of aromatic nitrogens is 4. The van der Waals surface area contributed by atoms with Crippen molar-refractivity contribution in [2.45, 2.75) is 0 Å². The van der Waals surface area contributed by atoms with Crippen LogP contribution in [0.15, 0.2) is 162 Å². The summed E-state index contributed by atoms with van der Waals surface area (Å²) in [5.41, 5.74) is 21.2. The average Bonchev–Trinajstić information content (AvgIpc) is 3.96. The number of hydrogen-bond donors (Lipinski definition) is 0. The summed E-state index contributed by atoms with van der Waals surface area (Å²) in [5, 5.41) is 7.31. The van der Waals surface area contributed by atoms with Crippen molar-refractivity contribution in [2.75, 3.05) is 0 Å². The molecule has 11 heteroatoms. The topological polar surface area (TPSA) is 48.8 Å². The van der Waals surface area contributed by atoms with Crippen LogP contribution >= 0.6 is 0 Å². The quantitative estimate of drug-likeness (QED) is 0.252. The maximum Gasteiger partial charge on any atom is 0.160 e. The molecule has 0 aliphatic rings. The van der Waals surface area contributed by atoms with Crippen molar-refractivity contribution in [1.29, 1.82) is 0 Å². The van der Waals surface area contributed by atoms with Crippen LogP contribution in [0.4, 0.5) is 0 Å². The Morgan fingerprint density at radius 2 is 0.921 bits per heavy atom. The Kier molecular flexibility index (Phi) is 8.36. The molecule has 0 spiro atoms. The lowest BCUT2D eigenvalue weighted by molar-refractivity contribution is 0.669. The summed E-state index contributed by atoms with van der Waals surface area (Å²) in [7, 11) is 13.6. The van der Waals surface area contributed by atoms with Crippen molar-refractivity contribution in [3.8, 4) is 45.3 Å². The number of furan rings is 1. The predicted molar refractivity (Wildman–Crippen MR) is 283 cm³/mol. The monoisotopic (exact) mass is 800 g/mol. The molecule has 63 heavy (non-hydrogen) atoms. The summed E-state index contributed by atoms with van der Waals surface area (Å²) in [6, 6.07) is 56.1. The summed E-state index contributed by atoms with van der Waals surface area (Å²) in [6.07, 6.45) is 0. The minimum Gasteiger partial charge on any atom is -0.456 e. The summed E-state index contributed by atoms with van der Waals surface area (Å²) >= 11 is 0. The van der Waals surface area contributed by atoms with E-state index in [1.165, 1.54) is 76.4 Å². The van der Waals surface area contributed by atoms with Crippen LogP contribution in [-0.2, 0) is 0 Å². The molecule has 12 aromatic rings. The minimum atomic E-state index is 0.689. The van der Waals surface area contributed by atoms with Gasteiger partial charge >= 0.3 is 0 Å². The zero-order valence-electron chi connectivity index (χ0n) is 36.2. The Morgan fingerprint density at radius 3 is 1.52 bits per heavy atom. The molecule has 0 amide bonds. The highest BCUT2D eigenvalue weighted by molar-refractivity contribution is 6.61. The molecule has 0 atom stereocenters. The van der Waals surface area contributed by atoms with E-state index in [-0.39, 0.29) is 0 Å². The van der Waals surface area contributed by atoms with E-state index in [2.05, 4.69) is 178 Å². The standard InChI is InChI=1S/C52H38B6N4O/c53-30-21-36-44-46(57)47(58)45-37-22-31(54)24-39(56)49(37)62(51(45)50(44)61(48(36)38(55)23-30)32-14-8-3-9-15-32)33-17-19-42-35(25-33)34-18-16-29(20-43(34)63-42)41-26-40(27-10-4-1-5-11-27)59-52(60-41)28-12-6-2-7-13-28/h1-26H,53-58H2. The lowest BCUT2D eigenvalue weighted by Gasteiger charge is -2.15. The van der Waals surface area contributed by atoms with Crippen molar-refractivity contribution in [3.63, 3.8) is 0 Å². The predicted octanol–water partition coefficient (Wildman–Crippen LogP) is 3.12. The molecule has 4 heterocycles. The number of nitrogens with zero attached hydrogens (tertiary/aromatic N) is 4. The van der Waals surface area contributed by atoms with E-state index in [9.17, 15) is 0 Å². The first-order valence-corrected chi connectivity index (χ1v) is 21.7. The van der Waals surface area contributed by atoms with E-state index in [1.807, 2.05) is 36.4 Å². The van der Waals surface area contributed by atoms with Crippen molar-refractivity contribution in [1.82, 2.24) is 19.1 Å². The van der Waals surface area contributed by atoms with E-state index < -0.39 is 0 Å². The van der Waals surface area contributed by atoms with E-state index in [0.717, 1.165) is 61.4 Å². The maximum atomic E-state index is 6.72. The Morgan fingerprint density at radius 1 is 0.381 bits per heavy atom. The zero-order chi connectivity index (χ0) is 42.7. The number of para-hydroxylation sites is 1. The molecule has 0 saturated heterocycles. The molecule has 12 rings (SSSR count). The third kappa shape index (κ3) is 5.72. The summed E-state index contributed by atoms with van der Waals surface area (Å²) in [6.45, 7) is 0. The molecule has 0 fully saturated rings. The molecule has 0 N–H and O–H groups in total. The second kappa shape index (κ2) is 14.1. The molecule has 0 radical (unpaired) electrons. The minimum absolute atomic E-state index is 0.689. The van der Waals surface area contributed by atoms with Crippen molar-refractivity contribution < 1.29 is 4.42 Å². The van der Waals surface area contributed by atoms with E-state index in [4.69, 9.17) is 14.4 Å². The molecular weight excluding hydrogens is 761 g/mol. The lowest BCUT2D eigenvalue weighted by atomic mass is 9.74. The molecule has 0 saturated carbocycles. The van der Waals surface area contributed by atoms with Gasteiger partial charge in [-0.3, -0.25) is 0 Å². The van der Waals surface area contributed by atoms with Crippen molar-refractivity contribution in [3.05, 3.63) is 158 Å². The Bertz CT molecular complexity index is 3800. The molecule has 5 nitrogen and oxygen atoms in total. The Labute approximate surface area is 370 Å². The van der Waals surface area contributed by atoms with Gasteiger partial charge in [0.1, 0.15) is 58.2 Å². The Hall–Kier alpha value is -7.37. The number of benzene rings is 8. The fourth-order valence-corrected chi connectivity index (χ4v) is 10.4. The maximum absolute atomic E-state index is 6.72. The van der Waals surface area contributed by atoms with Gasteiger partial charge in [0.15, 0.2) is 5.82 Å². The van der Waals surface area contributed by atoms with Gasteiger partial charge in [0.05, 0.1) is 22.4 Å². The Balaban J connectivity index is 1.13. The summed E-state index contributed by atoms with van der Waals surface area (Å²) < 4.78 is 11.8. The van der Waals surface area contributed by atoms with Crippen LogP contribution in [-0.4, -0.2) is 66.2 Å².